The summed E-state index contributed by atoms with van der Waals surface area (Å²) in [4.78, 5) is 30.0. The second-order valence-corrected chi connectivity index (χ2v) is 9.86. The van der Waals surface area contributed by atoms with Crippen molar-refractivity contribution in [3.05, 3.63) is 29.5 Å². The van der Waals surface area contributed by atoms with E-state index in [0.717, 1.165) is 29.6 Å². The van der Waals surface area contributed by atoms with Gasteiger partial charge in [-0.3, -0.25) is 9.59 Å². The van der Waals surface area contributed by atoms with Crippen LogP contribution in [0.3, 0.4) is 0 Å². The number of hydrogen-bond acceptors (Lipinski definition) is 4. The number of hydrogen-bond donors (Lipinski definition) is 2. The van der Waals surface area contributed by atoms with Gasteiger partial charge in [-0.2, -0.15) is 0 Å². The van der Waals surface area contributed by atoms with Gasteiger partial charge < -0.3 is 15.0 Å². The Balaban J connectivity index is 1.69. The molecule has 2 aromatic rings. The van der Waals surface area contributed by atoms with Crippen LogP contribution in [0.15, 0.2) is 23.1 Å². The van der Waals surface area contributed by atoms with Crippen LogP contribution in [0.5, 0.6) is 0 Å². The zero-order chi connectivity index (χ0) is 20.1. The van der Waals surface area contributed by atoms with Crippen LogP contribution in [-0.4, -0.2) is 48.1 Å². The van der Waals surface area contributed by atoms with Crippen LogP contribution >= 0.6 is 0 Å². The molecule has 2 aliphatic rings. The Bertz CT molecular complexity index is 1060. The van der Waals surface area contributed by atoms with E-state index in [0.29, 0.717) is 37.7 Å². The second kappa shape index (κ2) is 6.92. The zero-order valence-corrected chi connectivity index (χ0v) is 16.6. The Hall–Kier alpha value is -2.35. The molecule has 1 aliphatic heterocycles. The van der Waals surface area contributed by atoms with Crippen LogP contribution in [-0.2, 0) is 32.4 Å². The molecule has 7 nitrogen and oxygen atoms in total. The minimum atomic E-state index is -3.41. The van der Waals surface area contributed by atoms with E-state index >= 15 is 0 Å². The average molecular weight is 404 g/mol. The highest BCUT2D eigenvalue weighted by molar-refractivity contribution is 7.91. The third-order valence-electron chi connectivity index (χ3n) is 6.07. The van der Waals surface area contributed by atoms with Crippen molar-refractivity contribution in [1.82, 2.24) is 9.88 Å². The Kier molecular flexibility index (Phi) is 4.69. The first-order chi connectivity index (χ1) is 13.3. The normalized spacial score (nSPS) is 22.8. The molecular formula is C20H24N2O5S. The maximum atomic E-state index is 13.2. The fraction of sp³-hybridized carbons (Fsp3) is 0.500. The Morgan fingerprint density at radius 3 is 2.57 bits per heavy atom. The number of aromatic amines is 1. The molecule has 1 amide bonds. The predicted molar refractivity (Wildman–Crippen MR) is 104 cm³/mol. The summed E-state index contributed by atoms with van der Waals surface area (Å²) < 4.78 is 24.5. The number of benzene rings is 1. The summed E-state index contributed by atoms with van der Waals surface area (Å²) in [5.41, 5.74) is 2.54. The van der Waals surface area contributed by atoms with Gasteiger partial charge in [0, 0.05) is 47.9 Å². The number of carbonyl (C=O) groups is 2. The van der Waals surface area contributed by atoms with E-state index in [1.54, 1.807) is 17.0 Å². The van der Waals surface area contributed by atoms with Crippen molar-refractivity contribution >= 4 is 32.6 Å². The number of nitrogens with zero attached hydrogens (tertiary/aromatic N) is 1. The first-order valence-corrected chi connectivity index (χ1v) is 11.5. The number of aliphatic carboxylic acids is 1. The molecule has 1 aromatic heterocycles. The van der Waals surface area contributed by atoms with Gasteiger partial charge in [0.05, 0.1) is 16.7 Å². The molecule has 8 heteroatoms. The molecular weight excluding hydrogens is 380 g/mol. The van der Waals surface area contributed by atoms with Crippen molar-refractivity contribution in [3.63, 3.8) is 0 Å². The molecule has 1 fully saturated rings. The summed E-state index contributed by atoms with van der Waals surface area (Å²) in [5, 5.41) is 10.2. The van der Waals surface area contributed by atoms with Gasteiger partial charge in [-0.15, -0.1) is 0 Å². The Morgan fingerprint density at radius 1 is 1.18 bits per heavy atom. The van der Waals surface area contributed by atoms with E-state index in [1.807, 2.05) is 6.07 Å². The van der Waals surface area contributed by atoms with Gasteiger partial charge in [-0.25, -0.2) is 8.42 Å². The predicted octanol–water partition coefficient (Wildman–Crippen LogP) is 2.35. The van der Waals surface area contributed by atoms with E-state index in [1.165, 1.54) is 6.26 Å². The molecule has 1 aliphatic carbocycles. The average Bonchev–Trinajstić information content (AvgIpc) is 3.04. The maximum Gasteiger partial charge on any atom is 0.307 e. The first-order valence-electron chi connectivity index (χ1n) is 9.61. The van der Waals surface area contributed by atoms with Gasteiger partial charge in [-0.05, 0) is 25.0 Å². The smallest absolute Gasteiger partial charge is 0.307 e. The van der Waals surface area contributed by atoms with Crippen LogP contribution in [0, 0.1) is 11.8 Å². The van der Waals surface area contributed by atoms with E-state index in [4.69, 9.17) is 0 Å². The van der Waals surface area contributed by atoms with Crippen LogP contribution in [0.4, 0.5) is 0 Å². The van der Waals surface area contributed by atoms with Gasteiger partial charge in [0.1, 0.15) is 0 Å². The number of carboxylic acid groups (broad SMARTS) is 1. The maximum absolute atomic E-state index is 13.2. The highest BCUT2D eigenvalue weighted by atomic mass is 32.2. The quantitative estimate of drug-likeness (QED) is 0.816. The molecule has 150 valence electrons. The number of sulfone groups is 1. The third-order valence-corrected chi connectivity index (χ3v) is 7.21. The molecule has 4 rings (SSSR count). The number of nitrogens with one attached hydrogen (secondary N) is 1. The standard InChI is InChI=1S/C20H24N2O5S/c1-28(26,27)17-8-4-7-16-18(17)14-11-22(10-9-15(14)21-16)19(23)12-5-2-3-6-13(12)20(24)25/h4,7-8,12-13,21H,2-3,5-6,9-11H2,1H3,(H,24,25)/t12-,13-/m1/s1. The lowest BCUT2D eigenvalue weighted by Crippen LogP contribution is -2.44. The summed E-state index contributed by atoms with van der Waals surface area (Å²) in [6.07, 6.45) is 4.63. The van der Waals surface area contributed by atoms with Gasteiger partial charge >= 0.3 is 5.97 Å². The van der Waals surface area contributed by atoms with Gasteiger partial charge in [0.25, 0.3) is 0 Å². The fourth-order valence-corrected chi connectivity index (χ4v) is 5.62. The van der Waals surface area contributed by atoms with Crippen LogP contribution in [0.2, 0.25) is 0 Å². The summed E-state index contributed by atoms with van der Waals surface area (Å²) >= 11 is 0. The lowest BCUT2D eigenvalue weighted by molar-refractivity contribution is -0.152. The van der Waals surface area contributed by atoms with Crippen molar-refractivity contribution in [1.29, 1.82) is 0 Å². The van der Waals surface area contributed by atoms with E-state index in [-0.39, 0.29) is 10.8 Å². The minimum Gasteiger partial charge on any atom is -0.481 e. The van der Waals surface area contributed by atoms with Crippen LogP contribution in [0.1, 0.15) is 36.9 Å². The van der Waals surface area contributed by atoms with Gasteiger partial charge in [0.15, 0.2) is 9.84 Å². The monoisotopic (exact) mass is 404 g/mol. The summed E-state index contributed by atoms with van der Waals surface area (Å²) in [7, 11) is -3.41. The van der Waals surface area contributed by atoms with Crippen molar-refractivity contribution in [2.45, 2.75) is 43.5 Å². The van der Waals surface area contributed by atoms with Gasteiger partial charge in [-0.1, -0.05) is 18.9 Å². The molecule has 1 aromatic carbocycles. The molecule has 2 heterocycles. The highest BCUT2D eigenvalue weighted by Crippen LogP contribution is 2.36. The molecule has 0 spiro atoms. The summed E-state index contributed by atoms with van der Waals surface area (Å²) in [5.74, 6) is -2.14. The molecule has 28 heavy (non-hydrogen) atoms. The largest absolute Gasteiger partial charge is 0.481 e. The first kappa shape index (κ1) is 19.0. The summed E-state index contributed by atoms with van der Waals surface area (Å²) in [6, 6.07) is 5.15. The molecule has 0 unspecified atom stereocenters. The number of carbonyl (C=O) groups excluding carboxylic acids is 1. The lowest BCUT2D eigenvalue weighted by atomic mass is 9.78. The van der Waals surface area contributed by atoms with Gasteiger partial charge in [0.2, 0.25) is 5.91 Å². The van der Waals surface area contributed by atoms with E-state index < -0.39 is 27.6 Å². The number of fused-ring (bicyclic) bond motifs is 3. The second-order valence-electron chi connectivity index (χ2n) is 7.88. The van der Waals surface area contributed by atoms with Crippen molar-refractivity contribution in [2.75, 3.05) is 12.8 Å². The minimum absolute atomic E-state index is 0.121. The number of aromatic nitrogens is 1. The van der Waals surface area contributed by atoms with Crippen molar-refractivity contribution in [3.8, 4) is 0 Å². The third kappa shape index (κ3) is 3.19. The van der Waals surface area contributed by atoms with Crippen LogP contribution in [0.25, 0.3) is 10.9 Å². The molecule has 1 saturated carbocycles. The number of amides is 1. The van der Waals surface area contributed by atoms with Crippen molar-refractivity contribution in [2.24, 2.45) is 11.8 Å². The Morgan fingerprint density at radius 2 is 1.89 bits per heavy atom. The molecule has 0 radical (unpaired) electrons. The number of H-pyrrole nitrogens is 1. The topological polar surface area (TPSA) is 108 Å². The molecule has 0 saturated heterocycles. The zero-order valence-electron chi connectivity index (χ0n) is 15.8. The lowest BCUT2D eigenvalue weighted by Gasteiger charge is -2.34. The SMILES string of the molecule is CS(=O)(=O)c1cccc2[nH]c3c(c12)CN(C(=O)[C@@H]1CCCC[C@H]1C(=O)O)CC3. The number of carboxylic acids is 1. The fourth-order valence-electron chi connectivity index (χ4n) is 4.69. The van der Waals surface area contributed by atoms with Crippen molar-refractivity contribution < 1.29 is 23.1 Å². The van der Waals surface area contributed by atoms with E-state index in [2.05, 4.69) is 4.98 Å². The van der Waals surface area contributed by atoms with Crippen LogP contribution < -0.4 is 0 Å². The summed E-state index contributed by atoms with van der Waals surface area (Å²) in [6.45, 7) is 0.819. The molecule has 2 atom stereocenters. The molecule has 0 bridgehead atoms. The highest BCUT2D eigenvalue weighted by Gasteiger charge is 2.39. The van der Waals surface area contributed by atoms with E-state index in [9.17, 15) is 23.1 Å². The Labute approximate surface area is 163 Å². The number of rotatable bonds is 3. The molecule has 2 N–H and O–H groups in total.